The number of carboxylic acid groups (broad SMARTS) is 1. The summed E-state index contributed by atoms with van der Waals surface area (Å²) in [5, 5.41) is 9.44. The van der Waals surface area contributed by atoms with Crippen molar-refractivity contribution in [3.8, 4) is 5.75 Å². The van der Waals surface area contributed by atoms with Crippen LogP contribution < -0.4 is 10.3 Å². The molecule has 0 aliphatic carbocycles. The average molecular weight is 350 g/mol. The van der Waals surface area contributed by atoms with Gasteiger partial charge in [0.15, 0.2) is 0 Å². The number of fused-ring (bicyclic) bond motifs is 1. The van der Waals surface area contributed by atoms with E-state index in [0.29, 0.717) is 16.7 Å². The number of hydrogen-bond acceptors (Lipinski definition) is 4. The van der Waals surface area contributed by atoms with Crippen LogP contribution in [0.25, 0.3) is 23.1 Å². The molecular formula is C20H18N2O4. The van der Waals surface area contributed by atoms with Crippen LogP contribution in [0.4, 0.5) is 0 Å². The Bertz CT molecular complexity index is 1040. The molecule has 132 valence electrons. The number of rotatable bonds is 6. The van der Waals surface area contributed by atoms with Crippen LogP contribution in [0, 0.1) is 0 Å². The number of carbonyl (C=O) groups is 1. The van der Waals surface area contributed by atoms with Crippen molar-refractivity contribution in [2.75, 3.05) is 7.11 Å². The Morgan fingerprint density at radius 2 is 2.00 bits per heavy atom. The predicted octanol–water partition coefficient (Wildman–Crippen LogP) is 3.05. The molecular weight excluding hydrogens is 332 g/mol. The quantitative estimate of drug-likeness (QED) is 0.739. The summed E-state index contributed by atoms with van der Waals surface area (Å²) in [5.74, 6) is 0.174. The molecule has 0 aliphatic heterocycles. The third kappa shape index (κ3) is 3.80. The van der Waals surface area contributed by atoms with Crippen molar-refractivity contribution in [1.82, 2.24) is 9.55 Å². The van der Waals surface area contributed by atoms with Crippen LogP contribution in [0.3, 0.4) is 0 Å². The molecule has 0 aliphatic rings. The van der Waals surface area contributed by atoms with Gasteiger partial charge in [-0.3, -0.25) is 14.2 Å². The largest absolute Gasteiger partial charge is 0.497 e. The summed E-state index contributed by atoms with van der Waals surface area (Å²) in [6.07, 6.45) is 3.38. The van der Waals surface area contributed by atoms with Crippen LogP contribution in [0.2, 0.25) is 0 Å². The van der Waals surface area contributed by atoms with Gasteiger partial charge in [-0.2, -0.15) is 0 Å². The van der Waals surface area contributed by atoms with Crippen molar-refractivity contribution in [1.29, 1.82) is 0 Å². The third-order valence-electron chi connectivity index (χ3n) is 3.96. The summed E-state index contributed by atoms with van der Waals surface area (Å²) in [6.45, 7) is 0.0593. The normalized spacial score (nSPS) is 11.1. The van der Waals surface area contributed by atoms with Crippen molar-refractivity contribution in [2.45, 2.75) is 13.0 Å². The SMILES string of the molecule is COc1cccc(C=Cc2nc3ccccc3c(=O)n2CCC(=O)O)c1. The Labute approximate surface area is 150 Å². The first kappa shape index (κ1) is 17.4. The Morgan fingerprint density at radius 1 is 1.19 bits per heavy atom. The van der Waals surface area contributed by atoms with Crippen LogP contribution in [-0.4, -0.2) is 27.7 Å². The fourth-order valence-electron chi connectivity index (χ4n) is 2.65. The van der Waals surface area contributed by atoms with Gasteiger partial charge in [0.25, 0.3) is 5.56 Å². The van der Waals surface area contributed by atoms with E-state index in [0.717, 1.165) is 11.3 Å². The number of carboxylic acids is 1. The second-order valence-electron chi connectivity index (χ2n) is 5.70. The minimum Gasteiger partial charge on any atom is -0.497 e. The van der Waals surface area contributed by atoms with Gasteiger partial charge in [-0.25, -0.2) is 4.98 Å². The van der Waals surface area contributed by atoms with E-state index in [1.165, 1.54) is 4.57 Å². The van der Waals surface area contributed by atoms with Gasteiger partial charge in [-0.15, -0.1) is 0 Å². The highest BCUT2D eigenvalue weighted by molar-refractivity contribution is 5.79. The molecule has 1 N–H and O–H groups in total. The number of benzene rings is 2. The minimum atomic E-state index is -0.965. The Hall–Kier alpha value is -3.41. The lowest BCUT2D eigenvalue weighted by molar-refractivity contribution is -0.137. The van der Waals surface area contributed by atoms with E-state index in [1.54, 1.807) is 31.4 Å². The summed E-state index contributed by atoms with van der Waals surface area (Å²) in [4.78, 5) is 28.2. The maximum absolute atomic E-state index is 12.7. The fraction of sp³-hybridized carbons (Fsp3) is 0.150. The van der Waals surface area contributed by atoms with Gasteiger partial charge in [-0.05, 0) is 35.9 Å². The van der Waals surface area contributed by atoms with Crippen LogP contribution in [0.5, 0.6) is 5.75 Å². The summed E-state index contributed by atoms with van der Waals surface area (Å²) in [5.41, 5.74) is 1.22. The van der Waals surface area contributed by atoms with Gasteiger partial charge in [0.2, 0.25) is 0 Å². The second-order valence-corrected chi connectivity index (χ2v) is 5.70. The molecule has 0 amide bonds. The minimum absolute atomic E-state index is 0.0593. The molecule has 0 radical (unpaired) electrons. The third-order valence-corrected chi connectivity index (χ3v) is 3.96. The van der Waals surface area contributed by atoms with E-state index in [9.17, 15) is 9.59 Å². The first-order chi connectivity index (χ1) is 12.6. The lowest BCUT2D eigenvalue weighted by atomic mass is 10.2. The molecule has 6 heteroatoms. The molecule has 0 atom stereocenters. The Balaban J connectivity index is 2.07. The lowest BCUT2D eigenvalue weighted by Crippen LogP contribution is -2.25. The highest BCUT2D eigenvalue weighted by Crippen LogP contribution is 2.16. The summed E-state index contributed by atoms with van der Waals surface area (Å²) < 4.78 is 6.60. The number of hydrogen-bond donors (Lipinski definition) is 1. The van der Waals surface area contributed by atoms with Crippen molar-refractivity contribution in [2.24, 2.45) is 0 Å². The molecule has 3 rings (SSSR count). The molecule has 3 aromatic rings. The molecule has 2 aromatic carbocycles. The standard InChI is InChI=1S/C20H18N2O4/c1-26-15-6-4-5-14(13-15)9-10-18-21-17-8-3-2-7-16(17)20(25)22(18)12-11-19(23)24/h2-10,13H,11-12H2,1H3,(H,23,24). The molecule has 1 heterocycles. The van der Waals surface area contributed by atoms with Crippen molar-refractivity contribution in [3.63, 3.8) is 0 Å². The fourth-order valence-corrected chi connectivity index (χ4v) is 2.65. The van der Waals surface area contributed by atoms with E-state index >= 15 is 0 Å². The molecule has 6 nitrogen and oxygen atoms in total. The molecule has 0 unspecified atom stereocenters. The number of aromatic nitrogens is 2. The molecule has 0 saturated heterocycles. The summed E-state index contributed by atoms with van der Waals surface area (Å²) in [6, 6.07) is 14.5. The van der Waals surface area contributed by atoms with Crippen LogP contribution in [-0.2, 0) is 11.3 Å². The van der Waals surface area contributed by atoms with Crippen molar-refractivity contribution in [3.05, 3.63) is 70.3 Å². The van der Waals surface area contributed by atoms with Crippen LogP contribution >= 0.6 is 0 Å². The van der Waals surface area contributed by atoms with Gasteiger partial charge in [0.05, 0.1) is 24.4 Å². The number of nitrogens with zero attached hydrogens (tertiary/aromatic N) is 2. The topological polar surface area (TPSA) is 81.4 Å². The smallest absolute Gasteiger partial charge is 0.305 e. The molecule has 0 saturated carbocycles. The highest BCUT2D eigenvalue weighted by Gasteiger charge is 2.10. The van der Waals surface area contributed by atoms with E-state index in [1.807, 2.05) is 36.4 Å². The van der Waals surface area contributed by atoms with Gasteiger partial charge in [-0.1, -0.05) is 30.3 Å². The van der Waals surface area contributed by atoms with E-state index in [4.69, 9.17) is 9.84 Å². The molecule has 0 bridgehead atoms. The first-order valence-corrected chi connectivity index (χ1v) is 8.12. The lowest BCUT2D eigenvalue weighted by Gasteiger charge is -2.10. The summed E-state index contributed by atoms with van der Waals surface area (Å²) >= 11 is 0. The average Bonchev–Trinajstić information content (AvgIpc) is 2.66. The monoisotopic (exact) mass is 350 g/mol. The van der Waals surface area contributed by atoms with Gasteiger partial charge in [0.1, 0.15) is 11.6 Å². The van der Waals surface area contributed by atoms with E-state index in [-0.39, 0.29) is 18.5 Å². The highest BCUT2D eigenvalue weighted by atomic mass is 16.5. The van der Waals surface area contributed by atoms with E-state index < -0.39 is 5.97 Å². The number of para-hydroxylation sites is 1. The molecule has 1 aromatic heterocycles. The van der Waals surface area contributed by atoms with Crippen molar-refractivity contribution >= 4 is 29.0 Å². The molecule has 0 spiro atoms. The van der Waals surface area contributed by atoms with Crippen molar-refractivity contribution < 1.29 is 14.6 Å². The predicted molar refractivity (Wildman–Crippen MR) is 100 cm³/mol. The van der Waals surface area contributed by atoms with E-state index in [2.05, 4.69) is 4.98 Å². The maximum atomic E-state index is 12.7. The zero-order chi connectivity index (χ0) is 18.5. The second kappa shape index (κ2) is 7.65. The number of methoxy groups -OCH3 is 1. The molecule has 0 fully saturated rings. The van der Waals surface area contributed by atoms with Gasteiger partial charge >= 0.3 is 5.97 Å². The van der Waals surface area contributed by atoms with Gasteiger partial charge < -0.3 is 9.84 Å². The Kier molecular flexibility index (Phi) is 5.12. The molecule has 26 heavy (non-hydrogen) atoms. The van der Waals surface area contributed by atoms with Crippen LogP contribution in [0.1, 0.15) is 17.8 Å². The maximum Gasteiger partial charge on any atom is 0.305 e. The zero-order valence-electron chi connectivity index (χ0n) is 14.3. The Morgan fingerprint density at radius 3 is 2.77 bits per heavy atom. The number of aliphatic carboxylic acids is 1. The number of ether oxygens (including phenoxy) is 1. The zero-order valence-corrected chi connectivity index (χ0v) is 14.3. The summed E-state index contributed by atoms with van der Waals surface area (Å²) in [7, 11) is 1.59. The van der Waals surface area contributed by atoms with Crippen LogP contribution in [0.15, 0.2) is 53.3 Å². The first-order valence-electron chi connectivity index (χ1n) is 8.12. The van der Waals surface area contributed by atoms with Gasteiger partial charge in [0, 0.05) is 6.54 Å².